The first-order valence-corrected chi connectivity index (χ1v) is 10.5. The Kier molecular flexibility index (Phi) is 6.24. The second-order valence-corrected chi connectivity index (χ2v) is 7.98. The molecule has 1 amide bonds. The summed E-state index contributed by atoms with van der Waals surface area (Å²) in [5.41, 5.74) is 4.03. The summed E-state index contributed by atoms with van der Waals surface area (Å²) in [5, 5.41) is 3.07. The van der Waals surface area contributed by atoms with Crippen LogP contribution in [0.2, 0.25) is 0 Å². The lowest BCUT2D eigenvalue weighted by Crippen LogP contribution is -3.28. The molecule has 5 heteroatoms. The fourth-order valence-electron chi connectivity index (χ4n) is 4.23. The van der Waals surface area contributed by atoms with E-state index in [2.05, 4.69) is 35.6 Å². The molecule has 2 aromatic carbocycles. The van der Waals surface area contributed by atoms with E-state index in [9.17, 15) is 4.79 Å². The fraction of sp³-hybridized carbons (Fsp3) is 0.435. The maximum absolute atomic E-state index is 12.2. The van der Waals surface area contributed by atoms with E-state index in [4.69, 9.17) is 4.74 Å². The second-order valence-electron chi connectivity index (χ2n) is 7.98. The van der Waals surface area contributed by atoms with Gasteiger partial charge in [0.15, 0.2) is 6.54 Å². The monoisotopic (exact) mass is 381 g/mol. The second kappa shape index (κ2) is 9.22. The first-order valence-electron chi connectivity index (χ1n) is 10.5. The molecule has 0 aliphatic carbocycles. The lowest BCUT2D eigenvalue weighted by atomic mass is 10.1. The molecule has 0 atom stereocenters. The van der Waals surface area contributed by atoms with Crippen molar-refractivity contribution in [3.8, 4) is 5.75 Å². The van der Waals surface area contributed by atoms with E-state index >= 15 is 0 Å². The molecule has 0 aromatic heterocycles. The van der Waals surface area contributed by atoms with Crippen LogP contribution in [0.5, 0.6) is 5.75 Å². The molecule has 0 saturated carbocycles. The van der Waals surface area contributed by atoms with Gasteiger partial charge in [0.05, 0.1) is 6.61 Å². The van der Waals surface area contributed by atoms with E-state index in [1.54, 1.807) is 4.90 Å². The molecule has 0 bridgehead atoms. The van der Waals surface area contributed by atoms with Crippen LogP contribution >= 0.6 is 0 Å². The van der Waals surface area contributed by atoms with E-state index in [0.717, 1.165) is 64.5 Å². The topological polar surface area (TPSA) is 47.2 Å². The quantitative estimate of drug-likeness (QED) is 0.592. The Labute approximate surface area is 167 Å². The zero-order chi connectivity index (χ0) is 19.2. The van der Waals surface area contributed by atoms with Crippen LogP contribution < -0.4 is 19.9 Å². The van der Waals surface area contributed by atoms with Crippen molar-refractivity contribution in [3.63, 3.8) is 0 Å². The van der Waals surface area contributed by atoms with Crippen LogP contribution in [0.25, 0.3) is 0 Å². The van der Waals surface area contributed by atoms with E-state index in [0.29, 0.717) is 6.54 Å². The van der Waals surface area contributed by atoms with Crippen molar-refractivity contribution >= 4 is 5.91 Å². The number of hydrogen-bond acceptors (Lipinski definition) is 2. The van der Waals surface area contributed by atoms with Gasteiger partial charge in [-0.25, -0.2) is 0 Å². The van der Waals surface area contributed by atoms with Gasteiger partial charge in [-0.15, -0.1) is 0 Å². The number of carbonyl (C=O) groups excluding carboxylic acids is 1. The SMILES string of the molecule is O=C(C[NH+]1CC[NH+](Cc2ccc3c(c2)CCO3)CC1)NCCc1ccccc1. The number of benzene rings is 2. The molecule has 2 heterocycles. The lowest BCUT2D eigenvalue weighted by Gasteiger charge is -2.29. The molecule has 1 fully saturated rings. The van der Waals surface area contributed by atoms with Crippen molar-refractivity contribution in [2.24, 2.45) is 0 Å². The highest BCUT2D eigenvalue weighted by molar-refractivity contribution is 5.76. The lowest BCUT2D eigenvalue weighted by molar-refractivity contribution is -1.02. The number of nitrogens with one attached hydrogen (secondary N) is 3. The van der Waals surface area contributed by atoms with E-state index in [1.165, 1.54) is 21.6 Å². The maximum Gasteiger partial charge on any atom is 0.275 e. The van der Waals surface area contributed by atoms with Gasteiger partial charge in [-0.3, -0.25) is 4.79 Å². The molecule has 0 radical (unpaired) electrons. The third-order valence-corrected chi connectivity index (χ3v) is 5.86. The fourth-order valence-corrected chi connectivity index (χ4v) is 4.23. The summed E-state index contributed by atoms with van der Waals surface area (Å²) in [6.07, 6.45) is 1.93. The van der Waals surface area contributed by atoms with Gasteiger partial charge in [0.1, 0.15) is 38.5 Å². The van der Waals surface area contributed by atoms with Gasteiger partial charge in [-0.05, 0) is 35.7 Å². The summed E-state index contributed by atoms with van der Waals surface area (Å²) < 4.78 is 5.60. The molecule has 0 spiro atoms. The number of carbonyl (C=O) groups is 1. The number of quaternary nitrogens is 2. The number of hydrogen-bond donors (Lipinski definition) is 3. The Morgan fingerprint density at radius 1 is 0.964 bits per heavy atom. The van der Waals surface area contributed by atoms with Gasteiger partial charge in [-0.1, -0.05) is 30.3 Å². The highest BCUT2D eigenvalue weighted by Gasteiger charge is 2.25. The minimum Gasteiger partial charge on any atom is -0.493 e. The normalized spacial score (nSPS) is 21.0. The number of ether oxygens (including phenoxy) is 1. The van der Waals surface area contributed by atoms with Crippen LogP contribution in [-0.4, -0.2) is 51.8 Å². The molecule has 2 aliphatic rings. The van der Waals surface area contributed by atoms with Crippen LogP contribution in [0.4, 0.5) is 0 Å². The average molecular weight is 382 g/mol. The summed E-state index contributed by atoms with van der Waals surface area (Å²) in [6, 6.07) is 17.0. The molecule has 2 aromatic rings. The van der Waals surface area contributed by atoms with Crippen molar-refractivity contribution in [2.45, 2.75) is 19.4 Å². The predicted molar refractivity (Wildman–Crippen MR) is 109 cm³/mol. The van der Waals surface area contributed by atoms with Gasteiger partial charge < -0.3 is 19.9 Å². The number of fused-ring (bicyclic) bond motifs is 1. The molecule has 4 rings (SSSR count). The van der Waals surface area contributed by atoms with Crippen LogP contribution in [0.15, 0.2) is 48.5 Å². The summed E-state index contributed by atoms with van der Waals surface area (Å²) in [7, 11) is 0. The van der Waals surface area contributed by atoms with Crippen LogP contribution in [0.3, 0.4) is 0 Å². The molecule has 0 unspecified atom stereocenters. The van der Waals surface area contributed by atoms with Gasteiger partial charge in [0, 0.05) is 18.5 Å². The molecule has 3 N–H and O–H groups in total. The zero-order valence-corrected chi connectivity index (χ0v) is 16.5. The van der Waals surface area contributed by atoms with Gasteiger partial charge in [-0.2, -0.15) is 0 Å². The number of rotatable bonds is 7. The Morgan fingerprint density at radius 3 is 2.57 bits per heavy atom. The molecular formula is C23H31N3O2+2. The van der Waals surface area contributed by atoms with Gasteiger partial charge in [0.25, 0.3) is 5.91 Å². The number of amides is 1. The van der Waals surface area contributed by atoms with Crippen LogP contribution in [0, 0.1) is 0 Å². The average Bonchev–Trinajstić information content (AvgIpc) is 3.18. The van der Waals surface area contributed by atoms with Crippen molar-refractivity contribution in [1.29, 1.82) is 0 Å². The third kappa shape index (κ3) is 5.12. The molecule has 5 nitrogen and oxygen atoms in total. The third-order valence-electron chi connectivity index (χ3n) is 5.86. The molecular weight excluding hydrogens is 350 g/mol. The summed E-state index contributed by atoms with van der Waals surface area (Å²) in [6.45, 7) is 7.59. The van der Waals surface area contributed by atoms with E-state index in [1.807, 2.05) is 18.2 Å². The van der Waals surface area contributed by atoms with Crippen LogP contribution in [0.1, 0.15) is 16.7 Å². The van der Waals surface area contributed by atoms with E-state index in [-0.39, 0.29) is 5.91 Å². The highest BCUT2D eigenvalue weighted by Crippen LogP contribution is 2.25. The summed E-state index contributed by atoms with van der Waals surface area (Å²) in [5.74, 6) is 1.24. The van der Waals surface area contributed by atoms with E-state index < -0.39 is 0 Å². The van der Waals surface area contributed by atoms with Crippen LogP contribution in [-0.2, 0) is 24.2 Å². The first kappa shape index (κ1) is 19.0. The Morgan fingerprint density at radius 2 is 1.75 bits per heavy atom. The van der Waals surface area contributed by atoms with Gasteiger partial charge in [0.2, 0.25) is 0 Å². The molecule has 148 valence electrons. The maximum atomic E-state index is 12.2. The predicted octanol–water partition coefficient (Wildman–Crippen LogP) is -0.736. The van der Waals surface area contributed by atoms with Crippen molar-refractivity contribution in [3.05, 3.63) is 65.2 Å². The molecule has 1 saturated heterocycles. The highest BCUT2D eigenvalue weighted by atomic mass is 16.5. The summed E-state index contributed by atoms with van der Waals surface area (Å²) in [4.78, 5) is 15.3. The van der Waals surface area contributed by atoms with Crippen molar-refractivity contribution < 1.29 is 19.3 Å². The largest absolute Gasteiger partial charge is 0.493 e. The van der Waals surface area contributed by atoms with Crippen molar-refractivity contribution in [2.75, 3.05) is 45.9 Å². The Hall–Kier alpha value is -2.37. The minimum atomic E-state index is 0.174. The first-order chi connectivity index (χ1) is 13.8. The molecule has 2 aliphatic heterocycles. The Bertz CT molecular complexity index is 786. The summed E-state index contributed by atoms with van der Waals surface area (Å²) >= 11 is 0. The standard InChI is InChI=1S/C23H29N3O2/c27-23(24-10-8-19-4-2-1-3-5-19)18-26-13-11-25(12-14-26)17-20-6-7-22-21(16-20)9-15-28-22/h1-7,16H,8-15,17-18H2,(H,24,27)/p+2. The minimum absolute atomic E-state index is 0.174. The molecule has 28 heavy (non-hydrogen) atoms. The smallest absolute Gasteiger partial charge is 0.275 e. The van der Waals surface area contributed by atoms with Crippen molar-refractivity contribution in [1.82, 2.24) is 5.32 Å². The van der Waals surface area contributed by atoms with Gasteiger partial charge >= 0.3 is 0 Å². The zero-order valence-electron chi connectivity index (χ0n) is 16.5. The Balaban J connectivity index is 1.15. The number of piperazine rings is 1.